The number of nitrogens with one attached hydrogen (secondary N) is 1. The molecule has 2 aromatic carbocycles. The Morgan fingerprint density at radius 3 is 2.59 bits per heavy atom. The summed E-state index contributed by atoms with van der Waals surface area (Å²) < 4.78 is 47.9. The molecule has 2 atom stereocenters. The van der Waals surface area contributed by atoms with Crippen LogP contribution in [0, 0.1) is 0 Å². The topological polar surface area (TPSA) is 109 Å². The molecule has 204 valence electrons. The van der Waals surface area contributed by atoms with E-state index < -0.39 is 23.9 Å². The van der Waals surface area contributed by atoms with E-state index in [2.05, 4.69) is 32.5 Å². The molecular formula is C27H27F3N6O3. The van der Waals surface area contributed by atoms with Crippen LogP contribution in [0.4, 0.5) is 13.2 Å². The van der Waals surface area contributed by atoms with Gasteiger partial charge in [-0.1, -0.05) is 47.6 Å². The van der Waals surface area contributed by atoms with Gasteiger partial charge in [0.1, 0.15) is 0 Å². The number of aromatic nitrogens is 4. The lowest BCUT2D eigenvalue weighted by molar-refractivity contribution is -0.142. The summed E-state index contributed by atoms with van der Waals surface area (Å²) in [5, 5.41) is 21.0. The van der Waals surface area contributed by atoms with E-state index in [0.717, 1.165) is 36.7 Å². The number of hydrogen-bond donors (Lipinski definition) is 2. The number of carbonyl (C=O) groups is 1. The van der Waals surface area contributed by atoms with Crippen molar-refractivity contribution >= 4 is 5.91 Å². The molecular weight excluding hydrogens is 513 g/mol. The molecule has 1 fully saturated rings. The van der Waals surface area contributed by atoms with Crippen LogP contribution in [0.15, 0.2) is 65.3 Å². The maximum absolute atomic E-state index is 14.0. The Bertz CT molecular complexity index is 1420. The second-order valence-electron chi connectivity index (χ2n) is 9.46. The fraction of sp³-hybridized carbons (Fsp3) is 0.333. The summed E-state index contributed by atoms with van der Waals surface area (Å²) >= 11 is 0. The molecule has 39 heavy (non-hydrogen) atoms. The van der Waals surface area contributed by atoms with Crippen LogP contribution in [-0.2, 0) is 11.0 Å². The van der Waals surface area contributed by atoms with Crippen LogP contribution in [-0.4, -0.2) is 62.0 Å². The van der Waals surface area contributed by atoms with E-state index in [1.807, 2.05) is 0 Å². The first-order valence-electron chi connectivity index (χ1n) is 12.5. The molecule has 1 aliphatic rings. The van der Waals surface area contributed by atoms with Gasteiger partial charge in [-0.05, 0) is 50.6 Å². The van der Waals surface area contributed by atoms with E-state index in [-0.39, 0.29) is 23.0 Å². The zero-order valence-corrected chi connectivity index (χ0v) is 21.1. The molecule has 9 nitrogen and oxygen atoms in total. The number of alkyl halides is 3. The highest BCUT2D eigenvalue weighted by molar-refractivity contribution is 5.82. The Morgan fingerprint density at radius 2 is 1.92 bits per heavy atom. The number of rotatable bonds is 8. The lowest BCUT2D eigenvalue weighted by Gasteiger charge is -2.20. The highest BCUT2D eigenvalue weighted by Crippen LogP contribution is 2.38. The van der Waals surface area contributed by atoms with E-state index >= 15 is 0 Å². The summed E-state index contributed by atoms with van der Waals surface area (Å²) in [6, 6.07) is 14.6. The van der Waals surface area contributed by atoms with E-state index in [9.17, 15) is 23.1 Å². The minimum absolute atomic E-state index is 0.0526. The van der Waals surface area contributed by atoms with Crippen molar-refractivity contribution in [3.05, 3.63) is 72.1 Å². The molecule has 2 unspecified atom stereocenters. The summed E-state index contributed by atoms with van der Waals surface area (Å²) in [5.74, 6) is -0.784. The van der Waals surface area contributed by atoms with Crippen LogP contribution in [0.25, 0.3) is 28.5 Å². The number of nitrogens with zero attached hydrogens (tertiary/aromatic N) is 5. The SMILES string of the molecule is CN1CCCC1CCNC(=O)C(O)c1ccc(-c2noc(-c3cnn(-c4ccccc4)c3C(F)(F)F)n2)cc1. The molecule has 3 heterocycles. The zero-order chi connectivity index (χ0) is 27.6. The minimum Gasteiger partial charge on any atom is -0.378 e. The van der Waals surface area contributed by atoms with Crippen molar-refractivity contribution in [1.82, 2.24) is 30.1 Å². The predicted octanol–water partition coefficient (Wildman–Crippen LogP) is 4.24. The van der Waals surface area contributed by atoms with Crippen molar-refractivity contribution in [2.45, 2.75) is 37.6 Å². The van der Waals surface area contributed by atoms with E-state index in [1.54, 1.807) is 30.3 Å². The molecule has 2 N–H and O–H groups in total. The van der Waals surface area contributed by atoms with Gasteiger partial charge >= 0.3 is 6.18 Å². The fourth-order valence-electron chi connectivity index (χ4n) is 4.76. The van der Waals surface area contributed by atoms with Gasteiger partial charge in [0.05, 0.1) is 17.4 Å². The monoisotopic (exact) mass is 540 g/mol. The summed E-state index contributed by atoms with van der Waals surface area (Å²) in [5.41, 5.74) is -0.346. The molecule has 1 aliphatic heterocycles. The van der Waals surface area contributed by atoms with Gasteiger partial charge in [-0.2, -0.15) is 23.3 Å². The van der Waals surface area contributed by atoms with Gasteiger partial charge in [0.15, 0.2) is 11.8 Å². The summed E-state index contributed by atoms with van der Waals surface area (Å²) in [6.45, 7) is 1.52. The third-order valence-corrected chi connectivity index (χ3v) is 6.88. The Labute approximate surface area is 222 Å². The Morgan fingerprint density at radius 1 is 1.18 bits per heavy atom. The average Bonchev–Trinajstić information content (AvgIpc) is 3.68. The van der Waals surface area contributed by atoms with Crippen molar-refractivity contribution in [2.24, 2.45) is 0 Å². The van der Waals surface area contributed by atoms with Crippen LogP contribution in [0.2, 0.25) is 0 Å². The van der Waals surface area contributed by atoms with Crippen molar-refractivity contribution in [3.8, 4) is 28.5 Å². The molecule has 5 rings (SSSR count). The zero-order valence-electron chi connectivity index (χ0n) is 21.1. The number of carbonyl (C=O) groups excluding carboxylic acids is 1. The van der Waals surface area contributed by atoms with Crippen molar-refractivity contribution in [2.75, 3.05) is 20.1 Å². The first-order valence-corrected chi connectivity index (χ1v) is 12.5. The predicted molar refractivity (Wildman–Crippen MR) is 136 cm³/mol. The van der Waals surface area contributed by atoms with Gasteiger partial charge in [0, 0.05) is 18.2 Å². The standard InChI is InChI=1S/C27H27F3N6O3/c1-35-15-5-8-19(35)13-14-31-25(38)22(37)17-9-11-18(12-10-17)24-33-26(39-34-24)21-16-32-36(23(21)27(28,29)30)20-6-3-2-4-7-20/h2-4,6-7,9-12,16,19,22,37H,5,8,13-15H2,1H3,(H,31,38). The van der Waals surface area contributed by atoms with Crippen LogP contribution in [0.3, 0.4) is 0 Å². The average molecular weight is 541 g/mol. The van der Waals surface area contributed by atoms with Crippen LogP contribution < -0.4 is 5.32 Å². The van der Waals surface area contributed by atoms with Gasteiger partial charge in [0.25, 0.3) is 11.8 Å². The van der Waals surface area contributed by atoms with E-state index in [1.165, 1.54) is 24.3 Å². The summed E-state index contributed by atoms with van der Waals surface area (Å²) in [7, 11) is 2.06. The van der Waals surface area contributed by atoms with E-state index in [4.69, 9.17) is 4.52 Å². The van der Waals surface area contributed by atoms with Crippen LogP contribution in [0.5, 0.6) is 0 Å². The molecule has 0 saturated carbocycles. The molecule has 1 amide bonds. The van der Waals surface area contributed by atoms with Gasteiger partial charge in [-0.25, -0.2) is 4.68 Å². The van der Waals surface area contributed by atoms with Crippen molar-refractivity contribution in [1.29, 1.82) is 0 Å². The summed E-state index contributed by atoms with van der Waals surface area (Å²) in [4.78, 5) is 18.8. The maximum atomic E-state index is 14.0. The largest absolute Gasteiger partial charge is 0.434 e. The van der Waals surface area contributed by atoms with Gasteiger partial charge < -0.3 is 19.8 Å². The molecule has 1 saturated heterocycles. The molecule has 0 spiro atoms. The number of para-hydroxylation sites is 1. The number of hydrogen-bond acceptors (Lipinski definition) is 7. The number of aliphatic hydroxyl groups is 1. The fourth-order valence-corrected chi connectivity index (χ4v) is 4.76. The first kappa shape index (κ1) is 26.6. The molecule has 4 aromatic rings. The number of amides is 1. The Hall–Kier alpha value is -4.03. The van der Waals surface area contributed by atoms with Gasteiger partial charge in [-0.15, -0.1) is 0 Å². The highest BCUT2D eigenvalue weighted by atomic mass is 19.4. The number of halogens is 3. The molecule has 2 aromatic heterocycles. The van der Waals surface area contributed by atoms with Gasteiger partial charge in [-0.3, -0.25) is 4.79 Å². The third kappa shape index (κ3) is 5.71. The first-order chi connectivity index (χ1) is 18.7. The third-order valence-electron chi connectivity index (χ3n) is 6.88. The quantitative estimate of drug-likeness (QED) is 0.344. The number of benzene rings is 2. The molecule has 0 radical (unpaired) electrons. The molecule has 0 bridgehead atoms. The number of likely N-dealkylation sites (tertiary alicyclic amines) is 1. The smallest absolute Gasteiger partial charge is 0.378 e. The summed E-state index contributed by atoms with van der Waals surface area (Å²) in [6.07, 6.45) is -2.00. The Balaban J connectivity index is 1.29. The highest BCUT2D eigenvalue weighted by Gasteiger charge is 2.40. The second kappa shape index (κ2) is 11.0. The molecule has 0 aliphatic carbocycles. The Kier molecular flexibility index (Phi) is 7.49. The molecule has 12 heteroatoms. The second-order valence-corrected chi connectivity index (χ2v) is 9.46. The van der Waals surface area contributed by atoms with Crippen LogP contribution >= 0.6 is 0 Å². The lowest BCUT2D eigenvalue weighted by atomic mass is 10.1. The maximum Gasteiger partial charge on any atom is 0.434 e. The number of aliphatic hydroxyl groups excluding tert-OH is 1. The van der Waals surface area contributed by atoms with Gasteiger partial charge in [0.2, 0.25) is 5.82 Å². The van der Waals surface area contributed by atoms with Crippen molar-refractivity contribution in [3.63, 3.8) is 0 Å². The van der Waals surface area contributed by atoms with Crippen LogP contribution in [0.1, 0.15) is 36.6 Å². The normalized spacial score (nSPS) is 16.9. The van der Waals surface area contributed by atoms with Crippen molar-refractivity contribution < 1.29 is 27.6 Å². The lowest BCUT2D eigenvalue weighted by Crippen LogP contribution is -2.34. The minimum atomic E-state index is -4.73. The van der Waals surface area contributed by atoms with E-state index in [0.29, 0.717) is 23.7 Å².